The summed E-state index contributed by atoms with van der Waals surface area (Å²) in [6.45, 7) is 9.74. The van der Waals surface area contributed by atoms with Gasteiger partial charge in [0.15, 0.2) is 5.96 Å². The molecule has 0 radical (unpaired) electrons. The Morgan fingerprint density at radius 1 is 1.21 bits per heavy atom. The van der Waals surface area contributed by atoms with Crippen molar-refractivity contribution >= 4 is 35.8 Å². The van der Waals surface area contributed by atoms with E-state index < -0.39 is 0 Å². The Kier molecular flexibility index (Phi) is 11.4. The van der Waals surface area contributed by atoms with Crippen LogP contribution < -0.4 is 16.4 Å². The van der Waals surface area contributed by atoms with Crippen LogP contribution in [0.3, 0.4) is 0 Å². The zero-order valence-electron chi connectivity index (χ0n) is 15.1. The van der Waals surface area contributed by atoms with E-state index in [0.717, 1.165) is 24.9 Å². The van der Waals surface area contributed by atoms with E-state index in [9.17, 15) is 4.79 Å². The number of benzene rings is 1. The number of guanidine groups is 1. The van der Waals surface area contributed by atoms with Crippen LogP contribution in [0.1, 0.15) is 56.5 Å². The fourth-order valence-corrected chi connectivity index (χ4v) is 1.89. The standard InChI is InChI=1S/C18H30N4O.HI/c1-5-14(4)22-17(23)16-8-6-15(7-9-16)12-21-18(19)20-11-10-13(2)3;/h6-9,13-14H,5,10-12H2,1-4H3,(H,22,23)(H3,19,20,21);1H. The topological polar surface area (TPSA) is 79.5 Å². The molecule has 1 amide bonds. The van der Waals surface area contributed by atoms with Crippen molar-refractivity contribution in [2.75, 3.05) is 6.54 Å². The number of amides is 1. The summed E-state index contributed by atoms with van der Waals surface area (Å²) >= 11 is 0. The number of carbonyl (C=O) groups is 1. The molecule has 0 aromatic heterocycles. The van der Waals surface area contributed by atoms with Gasteiger partial charge in [-0.3, -0.25) is 4.79 Å². The molecule has 0 aliphatic carbocycles. The highest BCUT2D eigenvalue weighted by Gasteiger charge is 2.07. The molecule has 0 saturated heterocycles. The van der Waals surface area contributed by atoms with Gasteiger partial charge in [-0.2, -0.15) is 0 Å². The second kappa shape index (κ2) is 12.1. The molecule has 0 saturated carbocycles. The number of carbonyl (C=O) groups excluding carboxylic acids is 1. The SMILES string of the molecule is CCC(C)NC(=O)c1ccc(CN=C(N)NCCC(C)C)cc1.I. The molecule has 6 heteroatoms. The Bertz CT molecular complexity index is 514. The molecule has 4 N–H and O–H groups in total. The Hall–Kier alpha value is -1.31. The molecule has 1 rings (SSSR count). The predicted molar refractivity (Wildman–Crippen MR) is 112 cm³/mol. The van der Waals surface area contributed by atoms with Gasteiger partial charge in [0.05, 0.1) is 6.54 Å². The summed E-state index contributed by atoms with van der Waals surface area (Å²) < 4.78 is 0. The van der Waals surface area contributed by atoms with Crippen LogP contribution in [0, 0.1) is 5.92 Å². The first-order valence-corrected chi connectivity index (χ1v) is 8.36. The van der Waals surface area contributed by atoms with Gasteiger partial charge in [-0.15, -0.1) is 24.0 Å². The zero-order chi connectivity index (χ0) is 17.2. The summed E-state index contributed by atoms with van der Waals surface area (Å²) in [5.41, 5.74) is 7.53. The third-order valence-corrected chi connectivity index (χ3v) is 3.67. The van der Waals surface area contributed by atoms with Crippen molar-refractivity contribution in [2.45, 2.75) is 53.1 Å². The molecule has 0 fully saturated rings. The van der Waals surface area contributed by atoms with Gasteiger partial charge in [0.25, 0.3) is 5.91 Å². The number of hydrogen-bond donors (Lipinski definition) is 3. The normalized spacial score (nSPS) is 12.5. The predicted octanol–water partition coefficient (Wildman–Crippen LogP) is 3.28. The van der Waals surface area contributed by atoms with Gasteiger partial charge in [0, 0.05) is 18.2 Å². The first kappa shape index (κ1) is 22.7. The molecular formula is C18H31IN4O. The van der Waals surface area contributed by atoms with Gasteiger partial charge >= 0.3 is 0 Å². The molecule has 136 valence electrons. The summed E-state index contributed by atoms with van der Waals surface area (Å²) in [6, 6.07) is 7.66. The van der Waals surface area contributed by atoms with E-state index >= 15 is 0 Å². The van der Waals surface area contributed by atoms with E-state index in [2.05, 4.69) is 29.5 Å². The minimum absolute atomic E-state index is 0. The van der Waals surface area contributed by atoms with Gasteiger partial charge in [-0.25, -0.2) is 4.99 Å². The largest absolute Gasteiger partial charge is 0.370 e. The maximum Gasteiger partial charge on any atom is 0.251 e. The number of nitrogens with two attached hydrogens (primary N) is 1. The maximum atomic E-state index is 12.0. The molecule has 1 atom stereocenters. The molecule has 0 aliphatic heterocycles. The van der Waals surface area contributed by atoms with Crippen LogP contribution in [0.5, 0.6) is 0 Å². The van der Waals surface area contributed by atoms with Crippen LogP contribution in [0.25, 0.3) is 0 Å². The quantitative estimate of drug-likeness (QED) is 0.326. The van der Waals surface area contributed by atoms with E-state index in [1.54, 1.807) is 0 Å². The first-order valence-electron chi connectivity index (χ1n) is 8.36. The fraction of sp³-hybridized carbons (Fsp3) is 0.556. The molecule has 5 nitrogen and oxygen atoms in total. The lowest BCUT2D eigenvalue weighted by Crippen LogP contribution is -2.32. The molecule has 24 heavy (non-hydrogen) atoms. The van der Waals surface area contributed by atoms with E-state index in [1.165, 1.54) is 0 Å². The van der Waals surface area contributed by atoms with Crippen LogP contribution in [0.2, 0.25) is 0 Å². The number of aliphatic imine (C=N–C) groups is 1. The molecule has 0 aliphatic rings. The van der Waals surface area contributed by atoms with Crippen LogP contribution >= 0.6 is 24.0 Å². The Morgan fingerprint density at radius 2 is 1.83 bits per heavy atom. The van der Waals surface area contributed by atoms with E-state index in [0.29, 0.717) is 24.0 Å². The maximum absolute atomic E-state index is 12.0. The third-order valence-electron chi connectivity index (χ3n) is 3.67. The lowest BCUT2D eigenvalue weighted by atomic mass is 10.1. The molecule has 0 bridgehead atoms. The first-order chi connectivity index (χ1) is 10.9. The van der Waals surface area contributed by atoms with Crippen molar-refractivity contribution in [2.24, 2.45) is 16.6 Å². The molecule has 0 spiro atoms. The monoisotopic (exact) mass is 446 g/mol. The lowest BCUT2D eigenvalue weighted by Gasteiger charge is -2.11. The van der Waals surface area contributed by atoms with Crippen molar-refractivity contribution in [3.05, 3.63) is 35.4 Å². The van der Waals surface area contributed by atoms with Gasteiger partial charge in [-0.05, 0) is 43.4 Å². The van der Waals surface area contributed by atoms with Crippen LogP contribution in [-0.4, -0.2) is 24.5 Å². The van der Waals surface area contributed by atoms with Crippen LogP contribution in [-0.2, 0) is 6.54 Å². The number of rotatable bonds is 8. The highest BCUT2D eigenvalue weighted by Crippen LogP contribution is 2.06. The van der Waals surface area contributed by atoms with Gasteiger partial charge < -0.3 is 16.4 Å². The van der Waals surface area contributed by atoms with Crippen molar-refractivity contribution in [1.29, 1.82) is 0 Å². The smallest absolute Gasteiger partial charge is 0.251 e. The van der Waals surface area contributed by atoms with E-state index in [-0.39, 0.29) is 35.9 Å². The molecule has 1 aromatic rings. The molecule has 0 heterocycles. The Morgan fingerprint density at radius 3 is 2.38 bits per heavy atom. The van der Waals surface area contributed by atoms with Crippen LogP contribution in [0.15, 0.2) is 29.3 Å². The summed E-state index contributed by atoms with van der Waals surface area (Å²) in [6.07, 6.45) is 1.98. The third kappa shape index (κ3) is 9.10. The second-order valence-electron chi connectivity index (χ2n) is 6.29. The summed E-state index contributed by atoms with van der Waals surface area (Å²) in [5.74, 6) is 1.07. The number of nitrogens with zero attached hydrogens (tertiary/aromatic N) is 1. The zero-order valence-corrected chi connectivity index (χ0v) is 17.5. The second-order valence-corrected chi connectivity index (χ2v) is 6.29. The number of nitrogens with one attached hydrogen (secondary N) is 2. The summed E-state index contributed by atoms with van der Waals surface area (Å²) in [7, 11) is 0. The van der Waals surface area contributed by atoms with Crippen molar-refractivity contribution in [1.82, 2.24) is 10.6 Å². The van der Waals surface area contributed by atoms with Gasteiger partial charge in [0.1, 0.15) is 0 Å². The highest BCUT2D eigenvalue weighted by atomic mass is 127. The van der Waals surface area contributed by atoms with Crippen LogP contribution in [0.4, 0.5) is 0 Å². The summed E-state index contributed by atoms with van der Waals surface area (Å²) in [5, 5.41) is 6.06. The van der Waals surface area contributed by atoms with E-state index in [1.807, 2.05) is 38.1 Å². The molecule has 1 unspecified atom stereocenters. The Balaban J connectivity index is 0.00000529. The molecular weight excluding hydrogens is 415 g/mol. The highest BCUT2D eigenvalue weighted by molar-refractivity contribution is 14.0. The van der Waals surface area contributed by atoms with E-state index in [4.69, 9.17) is 5.73 Å². The number of halogens is 1. The Labute approximate surface area is 162 Å². The van der Waals surface area contributed by atoms with Crippen molar-refractivity contribution in [3.8, 4) is 0 Å². The van der Waals surface area contributed by atoms with Gasteiger partial charge in [-0.1, -0.05) is 32.9 Å². The van der Waals surface area contributed by atoms with Crippen molar-refractivity contribution < 1.29 is 4.79 Å². The average molecular weight is 446 g/mol. The number of hydrogen-bond acceptors (Lipinski definition) is 2. The minimum Gasteiger partial charge on any atom is -0.370 e. The van der Waals surface area contributed by atoms with Crippen molar-refractivity contribution in [3.63, 3.8) is 0 Å². The lowest BCUT2D eigenvalue weighted by molar-refractivity contribution is 0.0939. The fourth-order valence-electron chi connectivity index (χ4n) is 1.89. The summed E-state index contributed by atoms with van der Waals surface area (Å²) in [4.78, 5) is 16.3. The van der Waals surface area contributed by atoms with Gasteiger partial charge in [0.2, 0.25) is 0 Å². The molecule has 1 aromatic carbocycles. The average Bonchev–Trinajstić information content (AvgIpc) is 2.52. The minimum atomic E-state index is -0.0377.